The first-order valence-corrected chi connectivity index (χ1v) is 6.79. The van der Waals surface area contributed by atoms with Crippen molar-refractivity contribution in [2.75, 3.05) is 19.6 Å². The van der Waals surface area contributed by atoms with Gasteiger partial charge in [0.2, 0.25) is 0 Å². The van der Waals surface area contributed by atoms with Gasteiger partial charge in [0.05, 0.1) is 6.10 Å². The number of carbonyl (C=O) groups is 1. The summed E-state index contributed by atoms with van der Waals surface area (Å²) in [5, 5.41) is 8.86. The van der Waals surface area contributed by atoms with Gasteiger partial charge in [-0.25, -0.2) is 4.79 Å². The van der Waals surface area contributed by atoms with Crippen LogP contribution in [0.3, 0.4) is 0 Å². The van der Waals surface area contributed by atoms with E-state index in [4.69, 9.17) is 9.84 Å². The summed E-state index contributed by atoms with van der Waals surface area (Å²) >= 11 is 0. The molecule has 0 radical (unpaired) electrons. The fourth-order valence-corrected chi connectivity index (χ4v) is 2.89. The Labute approximate surface area is 103 Å². The normalized spacial score (nSPS) is 31.8. The zero-order valence-electron chi connectivity index (χ0n) is 10.6. The summed E-state index contributed by atoms with van der Waals surface area (Å²) in [4.78, 5) is 13.2. The molecular weight excluding hydrogens is 218 g/mol. The summed E-state index contributed by atoms with van der Waals surface area (Å²) in [5.41, 5.74) is 0. The fourth-order valence-electron chi connectivity index (χ4n) is 2.89. The minimum atomic E-state index is -0.808. The molecule has 2 aliphatic heterocycles. The van der Waals surface area contributed by atoms with E-state index in [1.54, 1.807) is 0 Å². The smallest absolute Gasteiger partial charge is 0.332 e. The average molecular weight is 241 g/mol. The number of carboxylic acid groups (broad SMARTS) is 1. The molecule has 2 unspecified atom stereocenters. The third-order valence-corrected chi connectivity index (χ3v) is 4.13. The molecule has 0 aromatic carbocycles. The van der Waals surface area contributed by atoms with Crippen molar-refractivity contribution >= 4 is 5.97 Å². The highest BCUT2D eigenvalue weighted by Gasteiger charge is 2.32. The monoisotopic (exact) mass is 241 g/mol. The predicted octanol–water partition coefficient (Wildman–Crippen LogP) is 1.74. The van der Waals surface area contributed by atoms with Gasteiger partial charge in [-0.05, 0) is 44.7 Å². The second-order valence-electron chi connectivity index (χ2n) is 5.31. The van der Waals surface area contributed by atoms with Gasteiger partial charge in [0.15, 0.2) is 6.10 Å². The molecule has 0 saturated carbocycles. The number of aliphatic carboxylic acids is 1. The van der Waals surface area contributed by atoms with Crippen molar-refractivity contribution in [2.24, 2.45) is 5.92 Å². The Bertz CT molecular complexity index is 261. The Morgan fingerprint density at radius 2 is 2.00 bits per heavy atom. The van der Waals surface area contributed by atoms with Crippen LogP contribution in [-0.4, -0.2) is 47.8 Å². The van der Waals surface area contributed by atoms with Crippen LogP contribution in [0.4, 0.5) is 0 Å². The Hall–Kier alpha value is -0.610. The van der Waals surface area contributed by atoms with Gasteiger partial charge in [-0.3, -0.25) is 0 Å². The zero-order chi connectivity index (χ0) is 12.3. The molecule has 98 valence electrons. The first-order valence-electron chi connectivity index (χ1n) is 6.79. The molecule has 2 fully saturated rings. The van der Waals surface area contributed by atoms with Crippen molar-refractivity contribution in [1.29, 1.82) is 0 Å². The van der Waals surface area contributed by atoms with E-state index in [-0.39, 0.29) is 6.10 Å². The third-order valence-electron chi connectivity index (χ3n) is 4.13. The molecule has 2 aliphatic rings. The van der Waals surface area contributed by atoms with Gasteiger partial charge in [-0.1, -0.05) is 13.3 Å². The molecule has 2 saturated heterocycles. The standard InChI is InChI=1S/C13H23NO3/c1-2-10-5-7-14(8-6-10)9-11-3-4-12(17-11)13(15)16/h10-12H,2-9H2,1H3,(H,15,16). The maximum absolute atomic E-state index is 10.8. The van der Waals surface area contributed by atoms with Gasteiger partial charge >= 0.3 is 5.97 Å². The fraction of sp³-hybridized carbons (Fsp3) is 0.923. The summed E-state index contributed by atoms with van der Waals surface area (Å²) in [6.45, 7) is 5.48. The molecule has 4 nitrogen and oxygen atoms in total. The molecule has 0 aromatic rings. The third kappa shape index (κ3) is 3.42. The Balaban J connectivity index is 1.70. The van der Waals surface area contributed by atoms with Gasteiger partial charge in [0.25, 0.3) is 0 Å². The van der Waals surface area contributed by atoms with E-state index in [0.717, 1.165) is 32.0 Å². The zero-order valence-corrected chi connectivity index (χ0v) is 10.6. The Morgan fingerprint density at radius 3 is 2.53 bits per heavy atom. The highest BCUT2D eigenvalue weighted by Crippen LogP contribution is 2.24. The molecule has 1 N–H and O–H groups in total. The first kappa shape index (κ1) is 12.8. The van der Waals surface area contributed by atoms with Crippen LogP contribution in [0, 0.1) is 5.92 Å². The molecule has 0 bridgehead atoms. The van der Waals surface area contributed by atoms with E-state index in [1.807, 2.05) is 0 Å². The molecule has 2 atom stereocenters. The number of rotatable bonds is 4. The number of hydrogen-bond donors (Lipinski definition) is 1. The summed E-state index contributed by atoms with van der Waals surface area (Å²) in [7, 11) is 0. The van der Waals surface area contributed by atoms with Crippen LogP contribution in [0.15, 0.2) is 0 Å². The van der Waals surface area contributed by atoms with Crippen LogP contribution in [-0.2, 0) is 9.53 Å². The van der Waals surface area contributed by atoms with E-state index >= 15 is 0 Å². The minimum Gasteiger partial charge on any atom is -0.479 e. The molecule has 0 aliphatic carbocycles. The summed E-state index contributed by atoms with van der Waals surface area (Å²) in [6, 6.07) is 0. The average Bonchev–Trinajstić information content (AvgIpc) is 2.79. The van der Waals surface area contributed by atoms with Crippen LogP contribution in [0.1, 0.15) is 39.0 Å². The number of carboxylic acids is 1. The topological polar surface area (TPSA) is 49.8 Å². The van der Waals surface area contributed by atoms with E-state index in [2.05, 4.69) is 11.8 Å². The van der Waals surface area contributed by atoms with Crippen LogP contribution < -0.4 is 0 Å². The van der Waals surface area contributed by atoms with Crippen molar-refractivity contribution in [2.45, 2.75) is 51.2 Å². The van der Waals surface area contributed by atoms with Gasteiger partial charge < -0.3 is 14.7 Å². The van der Waals surface area contributed by atoms with Crippen molar-refractivity contribution in [3.63, 3.8) is 0 Å². The van der Waals surface area contributed by atoms with Gasteiger partial charge in [-0.15, -0.1) is 0 Å². The minimum absolute atomic E-state index is 0.134. The van der Waals surface area contributed by atoms with Gasteiger partial charge in [-0.2, -0.15) is 0 Å². The van der Waals surface area contributed by atoms with Crippen LogP contribution in [0.25, 0.3) is 0 Å². The van der Waals surface area contributed by atoms with Crippen molar-refractivity contribution in [1.82, 2.24) is 4.90 Å². The predicted molar refractivity (Wildman–Crippen MR) is 65.0 cm³/mol. The van der Waals surface area contributed by atoms with Crippen molar-refractivity contribution < 1.29 is 14.6 Å². The van der Waals surface area contributed by atoms with E-state index < -0.39 is 12.1 Å². The quantitative estimate of drug-likeness (QED) is 0.814. The largest absolute Gasteiger partial charge is 0.479 e. The second kappa shape index (κ2) is 5.83. The second-order valence-corrected chi connectivity index (χ2v) is 5.31. The van der Waals surface area contributed by atoms with Crippen LogP contribution >= 0.6 is 0 Å². The summed E-state index contributed by atoms with van der Waals surface area (Å²) in [6.07, 6.45) is 4.99. The lowest BCUT2D eigenvalue weighted by Gasteiger charge is -2.32. The molecule has 2 rings (SSSR count). The molecule has 0 amide bonds. The molecule has 0 spiro atoms. The SMILES string of the molecule is CCC1CCN(CC2CCC(C(=O)O)O2)CC1. The van der Waals surface area contributed by atoms with Gasteiger partial charge in [0.1, 0.15) is 0 Å². The van der Waals surface area contributed by atoms with E-state index in [1.165, 1.54) is 19.3 Å². The van der Waals surface area contributed by atoms with Crippen molar-refractivity contribution in [3.05, 3.63) is 0 Å². The maximum atomic E-state index is 10.8. The summed E-state index contributed by atoms with van der Waals surface area (Å²) < 4.78 is 5.54. The van der Waals surface area contributed by atoms with E-state index in [0.29, 0.717) is 6.42 Å². The number of piperidine rings is 1. The maximum Gasteiger partial charge on any atom is 0.332 e. The molecule has 2 heterocycles. The number of likely N-dealkylation sites (tertiary alicyclic amines) is 1. The molecule has 0 aromatic heterocycles. The van der Waals surface area contributed by atoms with Crippen molar-refractivity contribution in [3.8, 4) is 0 Å². The number of nitrogens with zero attached hydrogens (tertiary/aromatic N) is 1. The van der Waals surface area contributed by atoms with Gasteiger partial charge in [0, 0.05) is 6.54 Å². The van der Waals surface area contributed by atoms with Crippen LogP contribution in [0.5, 0.6) is 0 Å². The highest BCUT2D eigenvalue weighted by molar-refractivity contribution is 5.72. The van der Waals surface area contributed by atoms with Crippen LogP contribution in [0.2, 0.25) is 0 Å². The molecular formula is C13H23NO3. The molecule has 4 heteroatoms. The number of ether oxygens (including phenoxy) is 1. The number of hydrogen-bond acceptors (Lipinski definition) is 3. The Kier molecular flexibility index (Phi) is 4.40. The molecule has 17 heavy (non-hydrogen) atoms. The highest BCUT2D eigenvalue weighted by atomic mass is 16.5. The first-order chi connectivity index (χ1) is 8.19. The van der Waals surface area contributed by atoms with E-state index in [9.17, 15) is 4.79 Å². The lowest BCUT2D eigenvalue weighted by atomic mass is 9.94. The lowest BCUT2D eigenvalue weighted by Crippen LogP contribution is -2.39. The lowest BCUT2D eigenvalue weighted by molar-refractivity contribution is -0.149. The Morgan fingerprint density at radius 1 is 1.29 bits per heavy atom. The summed E-state index contributed by atoms with van der Waals surface area (Å²) in [5.74, 6) is 0.0831.